The fraction of sp³-hybridized carbons (Fsp3) is 0.379. The van der Waals surface area contributed by atoms with E-state index in [2.05, 4.69) is 33.4 Å². The maximum atomic E-state index is 13.7. The van der Waals surface area contributed by atoms with Crippen LogP contribution in [0.5, 0.6) is 5.75 Å². The van der Waals surface area contributed by atoms with Crippen LogP contribution >= 0.6 is 15.9 Å². The van der Waals surface area contributed by atoms with Crippen LogP contribution < -0.4 is 10.1 Å². The van der Waals surface area contributed by atoms with Gasteiger partial charge in [-0.25, -0.2) is 4.79 Å². The molecule has 1 heterocycles. The summed E-state index contributed by atoms with van der Waals surface area (Å²) >= 11 is 3.59. The molecule has 6 heteroatoms. The monoisotopic (exact) mass is 535 g/mol. The van der Waals surface area contributed by atoms with E-state index in [1.807, 2.05) is 43.3 Å². The molecule has 0 amide bonds. The molecule has 1 saturated carbocycles. The van der Waals surface area contributed by atoms with E-state index in [4.69, 9.17) is 9.47 Å². The van der Waals surface area contributed by atoms with Crippen LogP contribution in [0.2, 0.25) is 0 Å². The number of methoxy groups -OCH3 is 1. The summed E-state index contributed by atoms with van der Waals surface area (Å²) < 4.78 is 12.1. The summed E-state index contributed by atoms with van der Waals surface area (Å²) in [5, 5.41) is 3.44. The topological polar surface area (TPSA) is 64.6 Å². The van der Waals surface area contributed by atoms with Crippen LogP contribution in [0.25, 0.3) is 0 Å². The first-order valence-electron chi connectivity index (χ1n) is 12.3. The molecule has 1 aliphatic heterocycles. The van der Waals surface area contributed by atoms with Crippen LogP contribution in [0.4, 0.5) is 0 Å². The van der Waals surface area contributed by atoms with Crippen molar-refractivity contribution < 1.29 is 19.1 Å². The minimum absolute atomic E-state index is 0.0500. The number of carbonyl (C=O) groups is 2. The number of benzene rings is 2. The first-order chi connectivity index (χ1) is 17.0. The van der Waals surface area contributed by atoms with E-state index >= 15 is 0 Å². The predicted molar refractivity (Wildman–Crippen MR) is 138 cm³/mol. The van der Waals surface area contributed by atoms with Gasteiger partial charge in [0.05, 0.1) is 17.2 Å². The zero-order valence-corrected chi connectivity index (χ0v) is 21.7. The van der Waals surface area contributed by atoms with E-state index in [1.54, 1.807) is 7.11 Å². The first kappa shape index (κ1) is 23.9. The number of hydrogen-bond acceptors (Lipinski definition) is 5. The third-order valence-electron chi connectivity index (χ3n) is 7.40. The third-order valence-corrected chi connectivity index (χ3v) is 8.02. The molecular formula is C29H30BrNO4. The van der Waals surface area contributed by atoms with Crippen LogP contribution in [-0.2, 0) is 14.3 Å². The molecule has 2 aliphatic carbocycles. The number of esters is 1. The smallest absolute Gasteiger partial charge is 0.337 e. The Labute approximate surface area is 214 Å². The molecule has 182 valence electrons. The van der Waals surface area contributed by atoms with Crippen molar-refractivity contribution in [2.75, 3.05) is 7.11 Å². The molecular weight excluding hydrogens is 506 g/mol. The van der Waals surface area contributed by atoms with Gasteiger partial charge >= 0.3 is 5.97 Å². The van der Waals surface area contributed by atoms with E-state index < -0.39 is 5.92 Å². The molecule has 5 nitrogen and oxygen atoms in total. The Morgan fingerprint density at radius 1 is 1.03 bits per heavy atom. The summed E-state index contributed by atoms with van der Waals surface area (Å²) in [6.45, 7) is 1.91. The van der Waals surface area contributed by atoms with Gasteiger partial charge in [0.1, 0.15) is 11.9 Å². The third kappa shape index (κ3) is 4.68. The van der Waals surface area contributed by atoms with Crippen LogP contribution in [-0.4, -0.2) is 25.0 Å². The molecule has 35 heavy (non-hydrogen) atoms. The van der Waals surface area contributed by atoms with Crippen molar-refractivity contribution in [3.8, 4) is 5.75 Å². The lowest BCUT2D eigenvalue weighted by molar-refractivity contribution is -0.144. The van der Waals surface area contributed by atoms with Crippen molar-refractivity contribution in [1.29, 1.82) is 0 Å². The van der Waals surface area contributed by atoms with Crippen molar-refractivity contribution in [3.63, 3.8) is 0 Å². The van der Waals surface area contributed by atoms with Gasteiger partial charge in [0, 0.05) is 29.3 Å². The quantitative estimate of drug-likeness (QED) is 0.454. The van der Waals surface area contributed by atoms with Gasteiger partial charge in [-0.2, -0.15) is 0 Å². The van der Waals surface area contributed by atoms with E-state index in [0.717, 1.165) is 59.1 Å². The second-order valence-corrected chi connectivity index (χ2v) is 10.5. The number of hydrogen-bond donors (Lipinski definition) is 1. The van der Waals surface area contributed by atoms with Gasteiger partial charge in [-0.05, 0) is 84.1 Å². The standard InChI is InChI=1S/C29H30BrNO4/c1-17-26(29(33)35-21-10-6-7-11-21)27(19-12-13-25(34-2)22(30)14-19)28-23(31-17)15-20(16-24(28)32)18-8-4-3-5-9-18/h3-5,8-9,12-14,20-21,27,31H,6-7,10-11,15-16H2,1-2H3/t20-,27+/m1/s1. The van der Waals surface area contributed by atoms with Gasteiger partial charge in [-0.15, -0.1) is 0 Å². The minimum atomic E-state index is -0.480. The van der Waals surface area contributed by atoms with Crippen molar-refractivity contribution >= 4 is 27.7 Å². The Hall–Kier alpha value is -2.86. The van der Waals surface area contributed by atoms with Gasteiger partial charge in [-0.1, -0.05) is 36.4 Å². The molecule has 2 atom stereocenters. The lowest BCUT2D eigenvalue weighted by Gasteiger charge is -2.37. The van der Waals surface area contributed by atoms with Crippen molar-refractivity contribution in [1.82, 2.24) is 5.32 Å². The first-order valence-corrected chi connectivity index (χ1v) is 13.1. The fourth-order valence-electron chi connectivity index (χ4n) is 5.69. The van der Waals surface area contributed by atoms with E-state index in [-0.39, 0.29) is 23.8 Å². The predicted octanol–water partition coefficient (Wildman–Crippen LogP) is 6.31. The average molecular weight is 536 g/mol. The summed E-state index contributed by atoms with van der Waals surface area (Å²) in [7, 11) is 1.62. The molecule has 0 aromatic heterocycles. The fourth-order valence-corrected chi connectivity index (χ4v) is 6.25. The Balaban J connectivity index is 1.57. The van der Waals surface area contributed by atoms with Gasteiger partial charge in [-0.3, -0.25) is 4.79 Å². The molecule has 1 N–H and O–H groups in total. The van der Waals surface area contributed by atoms with Gasteiger partial charge in [0.15, 0.2) is 5.78 Å². The van der Waals surface area contributed by atoms with Crippen molar-refractivity contribution in [2.24, 2.45) is 0 Å². The highest BCUT2D eigenvalue weighted by Crippen LogP contribution is 2.47. The number of dihydropyridines is 1. The Morgan fingerprint density at radius 3 is 2.46 bits per heavy atom. The van der Waals surface area contributed by atoms with E-state index in [0.29, 0.717) is 23.3 Å². The average Bonchev–Trinajstić information content (AvgIpc) is 3.36. The van der Waals surface area contributed by atoms with Crippen molar-refractivity contribution in [2.45, 2.75) is 63.4 Å². The van der Waals surface area contributed by atoms with Gasteiger partial charge in [0.2, 0.25) is 0 Å². The zero-order chi connectivity index (χ0) is 24.5. The van der Waals surface area contributed by atoms with Gasteiger partial charge in [0.25, 0.3) is 0 Å². The number of nitrogens with one attached hydrogen (secondary N) is 1. The molecule has 2 aromatic carbocycles. The summed E-state index contributed by atoms with van der Waals surface area (Å²) in [6, 6.07) is 15.9. The summed E-state index contributed by atoms with van der Waals surface area (Å²) in [5.74, 6) is 0.0722. The molecule has 0 unspecified atom stereocenters. The number of ether oxygens (including phenoxy) is 2. The summed E-state index contributed by atoms with van der Waals surface area (Å²) in [6.07, 6.45) is 5.05. The Morgan fingerprint density at radius 2 is 1.77 bits per heavy atom. The van der Waals surface area contributed by atoms with Crippen LogP contribution in [0.1, 0.15) is 68.4 Å². The molecule has 5 rings (SSSR count). The normalized spacial score (nSPS) is 22.7. The molecule has 1 fully saturated rings. The Bertz CT molecular complexity index is 1210. The van der Waals surface area contributed by atoms with Crippen LogP contribution in [0, 0.1) is 0 Å². The van der Waals surface area contributed by atoms with Crippen molar-refractivity contribution in [3.05, 3.63) is 86.7 Å². The van der Waals surface area contributed by atoms with Gasteiger partial charge < -0.3 is 14.8 Å². The maximum Gasteiger partial charge on any atom is 0.337 e. The SMILES string of the molecule is COc1ccc([C@H]2C(C(=O)OC3CCCC3)=C(C)NC3=C2C(=O)C[C@H](c2ccccc2)C3)cc1Br. The molecule has 0 spiro atoms. The highest BCUT2D eigenvalue weighted by Gasteiger charge is 2.42. The summed E-state index contributed by atoms with van der Waals surface area (Å²) in [4.78, 5) is 27.2. The highest BCUT2D eigenvalue weighted by atomic mass is 79.9. The number of carbonyl (C=O) groups excluding carboxylic acids is 2. The lowest BCUT2D eigenvalue weighted by atomic mass is 9.71. The number of allylic oxidation sites excluding steroid dienone is 3. The maximum absolute atomic E-state index is 13.7. The molecule has 3 aliphatic rings. The second kappa shape index (κ2) is 10.0. The molecule has 0 saturated heterocycles. The zero-order valence-electron chi connectivity index (χ0n) is 20.1. The number of ketones is 1. The number of halogens is 1. The number of Topliss-reactive ketones (excluding diaryl/α,β-unsaturated/α-hetero) is 1. The van der Waals surface area contributed by atoms with Crippen LogP contribution in [0.3, 0.4) is 0 Å². The summed E-state index contributed by atoms with van der Waals surface area (Å²) in [5.41, 5.74) is 4.89. The lowest BCUT2D eigenvalue weighted by Crippen LogP contribution is -2.36. The minimum Gasteiger partial charge on any atom is -0.496 e. The number of rotatable bonds is 5. The van der Waals surface area contributed by atoms with Crippen LogP contribution in [0.15, 0.2) is 75.5 Å². The molecule has 0 bridgehead atoms. The molecule has 0 radical (unpaired) electrons. The largest absolute Gasteiger partial charge is 0.496 e. The second-order valence-electron chi connectivity index (χ2n) is 9.63. The van der Waals surface area contributed by atoms with E-state index in [1.165, 1.54) is 0 Å². The highest BCUT2D eigenvalue weighted by molar-refractivity contribution is 9.10. The van der Waals surface area contributed by atoms with E-state index in [9.17, 15) is 9.59 Å². The Kier molecular flexibility index (Phi) is 6.83. The molecule has 2 aromatic rings.